The lowest BCUT2D eigenvalue weighted by atomic mass is 10.0. The molecule has 1 atom stereocenters. The Morgan fingerprint density at radius 2 is 1.95 bits per heavy atom. The van der Waals surface area contributed by atoms with E-state index in [1.807, 2.05) is 4.90 Å². The van der Waals surface area contributed by atoms with Gasteiger partial charge in [0.05, 0.1) is 11.0 Å². The molecule has 2 saturated heterocycles. The first-order chi connectivity index (χ1) is 10.4. The third-order valence-electron chi connectivity index (χ3n) is 4.94. The van der Waals surface area contributed by atoms with E-state index in [-0.39, 0.29) is 16.9 Å². The van der Waals surface area contributed by atoms with Gasteiger partial charge in [-0.2, -0.15) is 0 Å². The van der Waals surface area contributed by atoms with Gasteiger partial charge in [-0.15, -0.1) is 0 Å². The van der Waals surface area contributed by atoms with Crippen molar-refractivity contribution in [1.82, 2.24) is 9.80 Å². The number of likely N-dealkylation sites (tertiary alicyclic amines) is 2. The highest BCUT2D eigenvalue weighted by atomic mass is 32.2. The first-order valence-corrected chi connectivity index (χ1v) is 10.3. The van der Waals surface area contributed by atoms with Crippen LogP contribution in [0.4, 0.5) is 0 Å². The van der Waals surface area contributed by atoms with Crippen molar-refractivity contribution in [3.63, 3.8) is 0 Å². The van der Waals surface area contributed by atoms with Crippen LogP contribution in [-0.4, -0.2) is 67.3 Å². The summed E-state index contributed by atoms with van der Waals surface area (Å²) in [6, 6.07) is 0.414. The Hall–Kier alpha value is -0.620. The molecule has 2 aliphatic rings. The summed E-state index contributed by atoms with van der Waals surface area (Å²) in [5.41, 5.74) is 0. The molecule has 0 aromatic carbocycles. The Morgan fingerprint density at radius 3 is 2.59 bits per heavy atom. The standard InChI is InChI=1S/C16H30N2O3S/c1-14(2)22(20,21)12-6-11-17-9-4-3-7-15(17)13-18-10-5-8-16(18)19/h14-15H,3-13H2,1-2H3/t15-/m0/s1. The van der Waals surface area contributed by atoms with E-state index >= 15 is 0 Å². The Balaban J connectivity index is 1.83. The highest BCUT2D eigenvalue weighted by Gasteiger charge is 2.28. The smallest absolute Gasteiger partial charge is 0.222 e. The quantitative estimate of drug-likeness (QED) is 0.712. The maximum absolute atomic E-state index is 11.9. The van der Waals surface area contributed by atoms with E-state index in [1.165, 1.54) is 12.8 Å². The van der Waals surface area contributed by atoms with Crippen LogP contribution in [0.5, 0.6) is 0 Å². The molecule has 5 nitrogen and oxygen atoms in total. The minimum Gasteiger partial charge on any atom is -0.341 e. The zero-order valence-electron chi connectivity index (χ0n) is 14.0. The summed E-state index contributed by atoms with van der Waals surface area (Å²) >= 11 is 0. The van der Waals surface area contributed by atoms with Crippen LogP contribution in [0, 0.1) is 0 Å². The second-order valence-corrected chi connectivity index (χ2v) is 9.57. The molecule has 0 aromatic heterocycles. The number of piperidine rings is 1. The van der Waals surface area contributed by atoms with Crippen molar-refractivity contribution in [2.45, 2.75) is 63.7 Å². The Kier molecular flexibility index (Phi) is 6.26. The third-order valence-corrected chi connectivity index (χ3v) is 7.24. The fourth-order valence-corrected chi connectivity index (χ4v) is 4.42. The molecule has 2 fully saturated rings. The van der Waals surface area contributed by atoms with Crippen LogP contribution in [0.15, 0.2) is 0 Å². The number of amides is 1. The van der Waals surface area contributed by atoms with E-state index in [9.17, 15) is 13.2 Å². The van der Waals surface area contributed by atoms with Crippen molar-refractivity contribution in [1.29, 1.82) is 0 Å². The fourth-order valence-electron chi connectivity index (χ4n) is 3.42. The molecule has 2 heterocycles. The van der Waals surface area contributed by atoms with Crippen molar-refractivity contribution >= 4 is 15.7 Å². The van der Waals surface area contributed by atoms with E-state index in [4.69, 9.17) is 0 Å². The lowest BCUT2D eigenvalue weighted by Crippen LogP contribution is -2.47. The molecule has 0 N–H and O–H groups in total. The second kappa shape index (κ2) is 7.77. The van der Waals surface area contributed by atoms with E-state index in [0.717, 1.165) is 39.0 Å². The van der Waals surface area contributed by atoms with Crippen molar-refractivity contribution in [3.05, 3.63) is 0 Å². The minimum atomic E-state index is -2.94. The Morgan fingerprint density at radius 1 is 1.18 bits per heavy atom. The molecular weight excluding hydrogens is 300 g/mol. The summed E-state index contributed by atoms with van der Waals surface area (Å²) in [6.07, 6.45) is 5.90. The lowest BCUT2D eigenvalue weighted by molar-refractivity contribution is -0.128. The predicted octanol–water partition coefficient (Wildman–Crippen LogP) is 1.68. The molecule has 22 heavy (non-hydrogen) atoms. The third kappa shape index (κ3) is 4.69. The highest BCUT2D eigenvalue weighted by molar-refractivity contribution is 7.91. The molecule has 2 aliphatic heterocycles. The van der Waals surface area contributed by atoms with Crippen molar-refractivity contribution in [3.8, 4) is 0 Å². The average Bonchev–Trinajstić information content (AvgIpc) is 2.86. The van der Waals surface area contributed by atoms with E-state index in [2.05, 4.69) is 4.90 Å². The zero-order valence-corrected chi connectivity index (χ0v) is 14.8. The van der Waals surface area contributed by atoms with Gasteiger partial charge in [0.1, 0.15) is 0 Å². The normalized spacial score (nSPS) is 24.4. The number of hydrogen-bond donors (Lipinski definition) is 0. The largest absolute Gasteiger partial charge is 0.341 e. The molecule has 0 unspecified atom stereocenters. The van der Waals surface area contributed by atoms with Crippen LogP contribution >= 0.6 is 0 Å². The number of carbonyl (C=O) groups is 1. The Labute approximate surface area is 135 Å². The number of nitrogens with zero attached hydrogens (tertiary/aromatic N) is 2. The monoisotopic (exact) mass is 330 g/mol. The van der Waals surface area contributed by atoms with Crippen molar-refractivity contribution in [2.24, 2.45) is 0 Å². The van der Waals surface area contributed by atoms with Crippen LogP contribution in [0.3, 0.4) is 0 Å². The molecule has 128 valence electrons. The fraction of sp³-hybridized carbons (Fsp3) is 0.938. The molecule has 6 heteroatoms. The molecule has 0 bridgehead atoms. The van der Waals surface area contributed by atoms with Gasteiger partial charge in [-0.1, -0.05) is 6.42 Å². The van der Waals surface area contributed by atoms with Crippen LogP contribution in [0.1, 0.15) is 52.4 Å². The van der Waals surface area contributed by atoms with Gasteiger partial charge >= 0.3 is 0 Å². The van der Waals surface area contributed by atoms with Crippen LogP contribution < -0.4 is 0 Å². The zero-order chi connectivity index (χ0) is 16.2. The van der Waals surface area contributed by atoms with Gasteiger partial charge in [-0.05, 0) is 52.6 Å². The van der Waals surface area contributed by atoms with Crippen molar-refractivity contribution < 1.29 is 13.2 Å². The summed E-state index contributed by atoms with van der Waals surface area (Å²) in [6.45, 7) is 7.09. The predicted molar refractivity (Wildman–Crippen MR) is 88.6 cm³/mol. The summed E-state index contributed by atoms with van der Waals surface area (Å²) < 4.78 is 23.8. The number of rotatable bonds is 7. The maximum atomic E-state index is 11.9. The van der Waals surface area contributed by atoms with Crippen LogP contribution in [0.25, 0.3) is 0 Å². The molecule has 0 aromatic rings. The topological polar surface area (TPSA) is 57.7 Å². The minimum absolute atomic E-state index is 0.274. The SMILES string of the molecule is CC(C)S(=O)(=O)CCCN1CCCC[C@H]1CN1CCCC1=O. The highest BCUT2D eigenvalue weighted by Crippen LogP contribution is 2.21. The van der Waals surface area contributed by atoms with Gasteiger partial charge < -0.3 is 4.90 Å². The summed E-state index contributed by atoms with van der Waals surface area (Å²) in [5.74, 6) is 0.559. The number of hydrogen-bond acceptors (Lipinski definition) is 4. The Bertz CT molecular complexity index is 476. The lowest BCUT2D eigenvalue weighted by Gasteiger charge is -2.37. The molecular formula is C16H30N2O3S. The molecule has 0 spiro atoms. The second-order valence-electron chi connectivity index (χ2n) is 6.90. The van der Waals surface area contributed by atoms with Gasteiger partial charge in [0.25, 0.3) is 0 Å². The maximum Gasteiger partial charge on any atom is 0.222 e. The van der Waals surface area contributed by atoms with Gasteiger partial charge in [-0.3, -0.25) is 9.69 Å². The van der Waals surface area contributed by atoms with Gasteiger partial charge in [-0.25, -0.2) is 8.42 Å². The first kappa shape index (κ1) is 17.7. The van der Waals surface area contributed by atoms with Gasteiger partial charge in [0.2, 0.25) is 5.91 Å². The average molecular weight is 330 g/mol. The number of sulfone groups is 1. The van der Waals surface area contributed by atoms with Crippen LogP contribution in [-0.2, 0) is 14.6 Å². The van der Waals surface area contributed by atoms with E-state index in [0.29, 0.717) is 18.9 Å². The molecule has 0 aliphatic carbocycles. The molecule has 2 rings (SSSR count). The van der Waals surface area contributed by atoms with Crippen molar-refractivity contribution in [2.75, 3.05) is 31.9 Å². The summed E-state index contributed by atoms with van der Waals surface area (Å²) in [5, 5.41) is -0.285. The molecule has 0 radical (unpaired) electrons. The van der Waals surface area contributed by atoms with Crippen LogP contribution in [0.2, 0.25) is 0 Å². The number of carbonyl (C=O) groups excluding carboxylic acids is 1. The van der Waals surface area contributed by atoms with Gasteiger partial charge in [0.15, 0.2) is 9.84 Å². The molecule has 0 saturated carbocycles. The summed E-state index contributed by atoms with van der Waals surface area (Å²) in [7, 11) is -2.94. The first-order valence-electron chi connectivity index (χ1n) is 8.63. The molecule has 1 amide bonds. The van der Waals surface area contributed by atoms with E-state index < -0.39 is 9.84 Å². The summed E-state index contributed by atoms with van der Waals surface area (Å²) in [4.78, 5) is 16.2. The van der Waals surface area contributed by atoms with E-state index in [1.54, 1.807) is 13.8 Å². The van der Waals surface area contributed by atoms with Gasteiger partial charge in [0, 0.05) is 25.6 Å².